The van der Waals surface area contributed by atoms with Gasteiger partial charge in [-0.1, -0.05) is 0 Å². The van der Waals surface area contributed by atoms with E-state index in [-0.39, 0.29) is 87.8 Å². The van der Waals surface area contributed by atoms with E-state index in [2.05, 4.69) is 0 Å². The van der Waals surface area contributed by atoms with Gasteiger partial charge in [0, 0.05) is 0 Å². The Balaban J connectivity index is -0.0000000800. The minimum atomic E-state index is -5.75. The molecule has 0 aromatic rings. The van der Waals surface area contributed by atoms with Crippen molar-refractivity contribution in [3.8, 4) is 0 Å². The van der Waals surface area contributed by atoms with Crippen LogP contribution in [0, 0.1) is 0 Å². The third-order valence-corrected chi connectivity index (χ3v) is 0. The van der Waals surface area contributed by atoms with Crippen LogP contribution in [-0.4, -0.2) is 13.4 Å². The molecule has 0 saturated carbocycles. The summed E-state index contributed by atoms with van der Waals surface area (Å²) in [7, 11) is 0. The first-order chi connectivity index (χ1) is 2.00. The maximum Gasteiger partial charge on any atom is 1.00 e. The summed E-state index contributed by atoms with van der Waals surface area (Å²) in [5, 5.41) is 0. The Morgan fingerprint density at radius 3 is 1.14 bits per heavy atom. The Bertz CT molecular complexity index is 94.9. The smallest absolute Gasteiger partial charge is 1.00 e. The van der Waals surface area contributed by atoms with Crippen LogP contribution >= 0.6 is 0 Å². The largest absolute Gasteiger partial charge is 1.00 e. The molecule has 4 nitrogen and oxygen atoms in total. The van der Waals surface area contributed by atoms with Crippen molar-refractivity contribution in [1.29, 1.82) is 0 Å². The SMILES string of the molecule is O=[Se](=O)([O-])[O-].[Cs+].[Li+]. The molecule has 0 unspecified atom stereocenters. The second kappa shape index (κ2) is 6.80. The van der Waals surface area contributed by atoms with Crippen LogP contribution in [0.2, 0.25) is 0 Å². The van der Waals surface area contributed by atoms with Crippen molar-refractivity contribution in [2.45, 2.75) is 0 Å². The van der Waals surface area contributed by atoms with Gasteiger partial charge in [-0.05, 0) is 0 Å². The first kappa shape index (κ1) is 16.3. The molecular weight excluding hydrogens is 283 g/mol. The number of hydrogen-bond donors (Lipinski definition) is 0. The van der Waals surface area contributed by atoms with Gasteiger partial charge in [-0.25, -0.2) is 0 Å². The van der Waals surface area contributed by atoms with Crippen LogP contribution < -0.4 is 96.1 Å². The zero-order valence-corrected chi connectivity index (χ0v) is 12.0. The topological polar surface area (TPSA) is 80.3 Å². The molecule has 7 heteroatoms. The summed E-state index contributed by atoms with van der Waals surface area (Å²) in [6, 6.07) is 0. The summed E-state index contributed by atoms with van der Waals surface area (Å²) in [4.78, 5) is 0. The fraction of sp³-hybridized carbons (Fsp3) is 0. The molecule has 0 saturated heterocycles. The summed E-state index contributed by atoms with van der Waals surface area (Å²) >= 11 is -5.75. The third-order valence-electron chi connectivity index (χ3n) is 0. The minimum absolute atomic E-state index is 0. The van der Waals surface area contributed by atoms with Gasteiger partial charge in [-0.15, -0.1) is 0 Å². The molecule has 0 rings (SSSR count). The van der Waals surface area contributed by atoms with E-state index in [0.717, 1.165) is 0 Å². The molecule has 0 aliphatic carbocycles. The summed E-state index contributed by atoms with van der Waals surface area (Å²) in [5.74, 6) is 0. The van der Waals surface area contributed by atoms with Gasteiger partial charge in [0.2, 0.25) is 0 Å². The predicted molar refractivity (Wildman–Crippen MR) is 7.13 cm³/mol. The maximum absolute atomic E-state index is 8.59. The van der Waals surface area contributed by atoms with Gasteiger partial charge in [0.15, 0.2) is 0 Å². The monoisotopic (exact) mass is 284 g/mol. The summed E-state index contributed by atoms with van der Waals surface area (Å²) < 4.78 is 34.4. The van der Waals surface area contributed by atoms with Crippen LogP contribution in [0.15, 0.2) is 0 Å². The standard InChI is InChI=1S/Cs.Li.H2O4Se/c;;1-5(2,3)4/h;;(H2,1,2,3,4)/q2*+1;/p-2. The van der Waals surface area contributed by atoms with E-state index in [1.54, 1.807) is 0 Å². The molecule has 32 valence electrons. The Kier molecular flexibility index (Phi) is 15.9. The van der Waals surface area contributed by atoms with Crippen LogP contribution in [0.3, 0.4) is 0 Å². The van der Waals surface area contributed by atoms with Crippen LogP contribution in [0.25, 0.3) is 0 Å². The summed E-state index contributed by atoms with van der Waals surface area (Å²) in [6.07, 6.45) is 0. The molecule has 0 spiro atoms. The molecular formula is CsLiO4Se. The molecule has 0 fully saturated rings. The van der Waals surface area contributed by atoms with Crippen molar-refractivity contribution < 1.29 is 104 Å². The Morgan fingerprint density at radius 2 is 1.14 bits per heavy atom. The van der Waals surface area contributed by atoms with E-state index in [9.17, 15) is 0 Å². The van der Waals surface area contributed by atoms with Crippen LogP contribution in [-0.2, 0) is 7.67 Å². The van der Waals surface area contributed by atoms with Crippen molar-refractivity contribution in [2.24, 2.45) is 0 Å². The molecule has 0 amide bonds. The van der Waals surface area contributed by atoms with Crippen LogP contribution in [0.1, 0.15) is 0 Å². The van der Waals surface area contributed by atoms with Crippen LogP contribution in [0.5, 0.6) is 0 Å². The average molecular weight is 283 g/mol. The quantitative estimate of drug-likeness (QED) is 0.413. The van der Waals surface area contributed by atoms with Gasteiger partial charge >= 0.3 is 117 Å². The van der Waals surface area contributed by atoms with Gasteiger partial charge in [0.1, 0.15) is 0 Å². The fourth-order valence-electron chi connectivity index (χ4n) is 0. The molecule has 0 aliphatic rings. The van der Waals surface area contributed by atoms with Gasteiger partial charge in [-0.2, -0.15) is 0 Å². The Morgan fingerprint density at radius 1 is 1.14 bits per heavy atom. The van der Waals surface area contributed by atoms with E-state index in [4.69, 9.17) is 16.0 Å². The molecule has 0 aromatic heterocycles. The first-order valence-electron chi connectivity index (χ1n) is 0.667. The van der Waals surface area contributed by atoms with Gasteiger partial charge in [0.05, 0.1) is 0 Å². The first-order valence-corrected chi connectivity index (χ1v) is 3.46. The third kappa shape index (κ3) is 53.8. The van der Waals surface area contributed by atoms with Gasteiger partial charge < -0.3 is 0 Å². The van der Waals surface area contributed by atoms with Crippen molar-refractivity contribution >= 4 is 13.4 Å². The number of hydrogen-bond acceptors (Lipinski definition) is 4. The average Bonchev–Trinajstić information content (AvgIpc) is 0.722. The van der Waals surface area contributed by atoms with E-state index in [1.165, 1.54) is 0 Å². The normalized spacial score (nSPS) is 8.29. The maximum atomic E-state index is 8.59. The van der Waals surface area contributed by atoms with E-state index in [1.807, 2.05) is 0 Å². The van der Waals surface area contributed by atoms with Crippen molar-refractivity contribution in [1.82, 2.24) is 0 Å². The molecule has 0 aliphatic heterocycles. The second-order valence-electron chi connectivity index (χ2n) is 0.408. The zero-order valence-electron chi connectivity index (χ0n) is 4.04. The van der Waals surface area contributed by atoms with Gasteiger partial charge in [-0.3, -0.25) is 0 Å². The zero-order chi connectivity index (χ0) is 4.50. The molecule has 0 N–H and O–H groups in total. The molecule has 0 bridgehead atoms. The van der Waals surface area contributed by atoms with Gasteiger partial charge in [0.25, 0.3) is 0 Å². The minimum Gasteiger partial charge on any atom is 1.00 e. The van der Waals surface area contributed by atoms with E-state index < -0.39 is 13.4 Å². The molecule has 0 atom stereocenters. The van der Waals surface area contributed by atoms with E-state index in [0.29, 0.717) is 0 Å². The number of rotatable bonds is 0. The van der Waals surface area contributed by atoms with E-state index >= 15 is 0 Å². The van der Waals surface area contributed by atoms with Crippen LogP contribution in [0.4, 0.5) is 0 Å². The molecule has 0 radical (unpaired) electrons. The molecule has 0 aromatic carbocycles. The summed E-state index contributed by atoms with van der Waals surface area (Å²) in [6.45, 7) is 0. The predicted octanol–water partition coefficient (Wildman–Crippen LogP) is -8.99. The molecule has 0 heterocycles. The fourth-order valence-corrected chi connectivity index (χ4v) is 0. The Labute approximate surface area is 114 Å². The van der Waals surface area contributed by atoms with Crippen molar-refractivity contribution in [2.75, 3.05) is 0 Å². The second-order valence-corrected chi connectivity index (χ2v) is 2.12. The Hall–Kier alpha value is 2.69. The van der Waals surface area contributed by atoms with Crippen molar-refractivity contribution in [3.05, 3.63) is 0 Å². The van der Waals surface area contributed by atoms with Crippen molar-refractivity contribution in [3.63, 3.8) is 0 Å². The molecule has 7 heavy (non-hydrogen) atoms. The summed E-state index contributed by atoms with van der Waals surface area (Å²) in [5.41, 5.74) is 0.